The van der Waals surface area contributed by atoms with Crippen molar-refractivity contribution in [2.24, 2.45) is 0 Å². The highest BCUT2D eigenvalue weighted by Crippen LogP contribution is 2.39. The molecule has 0 aliphatic carbocycles. The zero-order chi connectivity index (χ0) is 18.2. The van der Waals surface area contributed by atoms with Gasteiger partial charge in [0.15, 0.2) is 0 Å². The van der Waals surface area contributed by atoms with Gasteiger partial charge < -0.3 is 4.98 Å². The lowest BCUT2D eigenvalue weighted by Crippen LogP contribution is -2.10. The van der Waals surface area contributed by atoms with Crippen LogP contribution in [0.15, 0.2) is 54.7 Å². The molecule has 25 heavy (non-hydrogen) atoms. The fourth-order valence-electron chi connectivity index (χ4n) is 2.54. The highest BCUT2D eigenvalue weighted by molar-refractivity contribution is 5.98. The molecule has 1 heterocycles. The number of rotatable bonds is 2. The molecule has 0 radical (unpaired) electrons. The van der Waals surface area contributed by atoms with E-state index in [9.17, 15) is 26.3 Å². The Morgan fingerprint density at radius 1 is 0.840 bits per heavy atom. The van der Waals surface area contributed by atoms with Crippen molar-refractivity contribution >= 4 is 22.6 Å². The Morgan fingerprint density at radius 3 is 2.08 bits per heavy atom. The van der Waals surface area contributed by atoms with Gasteiger partial charge in [0.25, 0.3) is 0 Å². The summed E-state index contributed by atoms with van der Waals surface area (Å²) >= 11 is 0. The molecule has 0 fully saturated rings. The van der Waals surface area contributed by atoms with Gasteiger partial charge in [-0.05, 0) is 29.8 Å². The van der Waals surface area contributed by atoms with Crippen LogP contribution in [0.25, 0.3) is 22.6 Å². The lowest BCUT2D eigenvalue weighted by molar-refractivity contribution is -0.137. The first-order valence-corrected chi connectivity index (χ1v) is 7.19. The number of aromatic amines is 1. The number of allylic oxidation sites excluding steroid dienone is 1. The average molecular weight is 355 g/mol. The van der Waals surface area contributed by atoms with Crippen LogP contribution >= 0.6 is 0 Å². The van der Waals surface area contributed by atoms with E-state index in [0.29, 0.717) is 10.9 Å². The van der Waals surface area contributed by atoms with Gasteiger partial charge in [0.1, 0.15) is 0 Å². The standard InChI is InChI=1S/C18H11F6N/c19-17(20,21)12-7-5-11(6-8-12)9-15(18(22,23)24)14-10-25-16-4-2-1-3-13(14)16/h1-10,25H/b15-9+. The molecule has 1 aromatic heterocycles. The Bertz CT molecular complexity index is 913. The summed E-state index contributed by atoms with van der Waals surface area (Å²) in [6, 6.07) is 10.1. The van der Waals surface area contributed by atoms with Crippen molar-refractivity contribution in [1.29, 1.82) is 0 Å². The van der Waals surface area contributed by atoms with Gasteiger partial charge in [0.05, 0.1) is 11.1 Å². The Hall–Kier alpha value is -2.70. The molecule has 7 heteroatoms. The molecule has 3 aromatic rings. The van der Waals surface area contributed by atoms with E-state index in [1.807, 2.05) is 0 Å². The molecule has 0 bridgehead atoms. The number of alkyl halides is 6. The second-order valence-corrected chi connectivity index (χ2v) is 5.42. The monoisotopic (exact) mass is 355 g/mol. The summed E-state index contributed by atoms with van der Waals surface area (Å²) in [6.45, 7) is 0. The van der Waals surface area contributed by atoms with E-state index < -0.39 is 23.5 Å². The highest BCUT2D eigenvalue weighted by atomic mass is 19.4. The molecule has 0 saturated carbocycles. The Kier molecular flexibility index (Phi) is 4.10. The topological polar surface area (TPSA) is 15.8 Å². The largest absolute Gasteiger partial charge is 0.417 e. The van der Waals surface area contributed by atoms with E-state index in [1.54, 1.807) is 24.3 Å². The molecule has 0 aliphatic rings. The van der Waals surface area contributed by atoms with Crippen molar-refractivity contribution in [3.8, 4) is 0 Å². The van der Waals surface area contributed by atoms with Crippen LogP contribution in [0.5, 0.6) is 0 Å². The summed E-state index contributed by atoms with van der Waals surface area (Å²) in [6.07, 6.45) is -7.11. The van der Waals surface area contributed by atoms with Gasteiger partial charge in [0, 0.05) is 22.7 Å². The molecule has 0 unspecified atom stereocenters. The summed E-state index contributed by atoms with van der Waals surface area (Å²) in [7, 11) is 0. The van der Waals surface area contributed by atoms with E-state index in [0.717, 1.165) is 30.3 Å². The van der Waals surface area contributed by atoms with Crippen molar-refractivity contribution in [3.63, 3.8) is 0 Å². The van der Waals surface area contributed by atoms with Gasteiger partial charge in [-0.15, -0.1) is 0 Å². The van der Waals surface area contributed by atoms with E-state index in [-0.39, 0.29) is 11.1 Å². The maximum atomic E-state index is 13.5. The Morgan fingerprint density at radius 2 is 1.48 bits per heavy atom. The minimum atomic E-state index is -4.66. The SMILES string of the molecule is FC(F)(F)/C(=C/c1ccc(C(F)(F)F)cc1)c1c[nH]c2ccccc12. The van der Waals surface area contributed by atoms with Crippen molar-refractivity contribution in [1.82, 2.24) is 4.98 Å². The molecule has 1 N–H and O–H groups in total. The first-order valence-electron chi connectivity index (χ1n) is 7.19. The second-order valence-electron chi connectivity index (χ2n) is 5.42. The number of H-pyrrole nitrogens is 1. The lowest BCUT2D eigenvalue weighted by Gasteiger charge is -2.12. The van der Waals surface area contributed by atoms with E-state index in [1.165, 1.54) is 6.20 Å². The minimum Gasteiger partial charge on any atom is -0.361 e. The number of fused-ring (bicyclic) bond motifs is 1. The predicted octanol–water partition coefficient (Wildman–Crippen LogP) is 6.29. The summed E-state index contributed by atoms with van der Waals surface area (Å²) in [4.78, 5) is 2.77. The van der Waals surface area contributed by atoms with Gasteiger partial charge in [-0.25, -0.2) is 0 Å². The van der Waals surface area contributed by atoms with Crippen LogP contribution < -0.4 is 0 Å². The molecule has 130 valence electrons. The third-order valence-corrected chi connectivity index (χ3v) is 3.73. The number of aromatic nitrogens is 1. The van der Waals surface area contributed by atoms with Crippen molar-refractivity contribution < 1.29 is 26.3 Å². The predicted molar refractivity (Wildman–Crippen MR) is 83.7 cm³/mol. The summed E-state index contributed by atoms with van der Waals surface area (Å²) in [5.74, 6) is 0. The van der Waals surface area contributed by atoms with E-state index in [2.05, 4.69) is 4.98 Å². The number of benzene rings is 2. The van der Waals surface area contributed by atoms with Gasteiger partial charge in [0.2, 0.25) is 0 Å². The third-order valence-electron chi connectivity index (χ3n) is 3.73. The molecule has 1 nitrogen and oxygen atoms in total. The number of nitrogens with one attached hydrogen (secondary N) is 1. The van der Waals surface area contributed by atoms with Crippen LogP contribution in [0.1, 0.15) is 16.7 Å². The van der Waals surface area contributed by atoms with E-state index in [4.69, 9.17) is 0 Å². The zero-order valence-electron chi connectivity index (χ0n) is 12.5. The zero-order valence-corrected chi connectivity index (χ0v) is 12.5. The number of hydrogen-bond donors (Lipinski definition) is 1. The van der Waals surface area contributed by atoms with Gasteiger partial charge in [-0.2, -0.15) is 26.3 Å². The molecule has 0 aliphatic heterocycles. The van der Waals surface area contributed by atoms with Crippen LogP contribution in [-0.4, -0.2) is 11.2 Å². The summed E-state index contributed by atoms with van der Waals surface area (Å²) in [5, 5.41) is 0.387. The van der Waals surface area contributed by atoms with E-state index >= 15 is 0 Å². The molecular formula is C18H11F6N. The second kappa shape index (κ2) is 5.98. The van der Waals surface area contributed by atoms with Crippen LogP contribution in [-0.2, 0) is 6.18 Å². The first-order chi connectivity index (χ1) is 11.7. The molecule has 0 amide bonds. The normalized spacial score (nSPS) is 13.4. The lowest BCUT2D eigenvalue weighted by atomic mass is 10.0. The molecule has 0 spiro atoms. The van der Waals surface area contributed by atoms with Crippen molar-refractivity contribution in [2.45, 2.75) is 12.4 Å². The third kappa shape index (κ3) is 3.55. The summed E-state index contributed by atoms with van der Waals surface area (Å²) in [5.41, 5.74) is -1.32. The maximum Gasteiger partial charge on any atom is 0.417 e. The van der Waals surface area contributed by atoms with Crippen LogP contribution in [0.3, 0.4) is 0 Å². The first kappa shape index (κ1) is 17.1. The van der Waals surface area contributed by atoms with Gasteiger partial charge >= 0.3 is 12.4 Å². The number of hydrogen-bond acceptors (Lipinski definition) is 0. The quantitative estimate of drug-likeness (QED) is 0.520. The molecule has 0 atom stereocenters. The Labute approximate surface area is 138 Å². The summed E-state index contributed by atoms with van der Waals surface area (Å²) < 4.78 is 78.2. The van der Waals surface area contributed by atoms with Gasteiger partial charge in [-0.3, -0.25) is 0 Å². The van der Waals surface area contributed by atoms with Gasteiger partial charge in [-0.1, -0.05) is 30.3 Å². The fourth-order valence-corrected chi connectivity index (χ4v) is 2.54. The molecule has 3 rings (SSSR count). The van der Waals surface area contributed by atoms with Crippen molar-refractivity contribution in [3.05, 3.63) is 71.4 Å². The Balaban J connectivity index is 2.09. The molecular weight excluding hydrogens is 344 g/mol. The maximum absolute atomic E-state index is 13.5. The smallest absolute Gasteiger partial charge is 0.361 e. The number of halogens is 6. The number of para-hydroxylation sites is 1. The molecule has 2 aromatic carbocycles. The fraction of sp³-hybridized carbons (Fsp3) is 0.111. The average Bonchev–Trinajstić information content (AvgIpc) is 2.95. The van der Waals surface area contributed by atoms with Crippen LogP contribution in [0, 0.1) is 0 Å². The van der Waals surface area contributed by atoms with Crippen LogP contribution in [0.4, 0.5) is 26.3 Å². The molecule has 0 saturated heterocycles. The van der Waals surface area contributed by atoms with Crippen LogP contribution in [0.2, 0.25) is 0 Å². The minimum absolute atomic E-state index is 0.0330. The van der Waals surface area contributed by atoms with Crippen molar-refractivity contribution in [2.75, 3.05) is 0 Å². The highest BCUT2D eigenvalue weighted by Gasteiger charge is 2.36.